The first kappa shape index (κ1) is 17.7. The van der Waals surface area contributed by atoms with Gasteiger partial charge in [0.05, 0.1) is 11.2 Å². The monoisotopic (exact) mass is 396 g/mol. The maximum absolute atomic E-state index is 4.80. The molecule has 0 saturated carbocycles. The predicted octanol–water partition coefficient (Wildman–Crippen LogP) is 7.49. The van der Waals surface area contributed by atoms with E-state index in [9.17, 15) is 0 Å². The van der Waals surface area contributed by atoms with Crippen molar-refractivity contribution >= 4 is 16.3 Å². The minimum absolute atomic E-state index is 0.987. The van der Waals surface area contributed by atoms with E-state index < -0.39 is 0 Å². The molecule has 4 aromatic carbocycles. The fraction of sp³-hybridized carbons (Fsp3) is 0. The summed E-state index contributed by atoms with van der Waals surface area (Å²) in [6, 6.07) is 40.6. The van der Waals surface area contributed by atoms with Crippen LogP contribution in [0.2, 0.25) is 0 Å². The summed E-state index contributed by atoms with van der Waals surface area (Å²) in [6.45, 7) is 0. The van der Waals surface area contributed by atoms with Gasteiger partial charge < -0.3 is 0 Å². The molecule has 0 atom stereocenters. The quantitative estimate of drug-likeness (QED) is 0.303. The Bertz CT molecular complexity index is 1440. The van der Waals surface area contributed by atoms with Crippen LogP contribution in [0.15, 0.2) is 121 Å². The van der Waals surface area contributed by atoms with E-state index in [2.05, 4.69) is 115 Å². The Labute approximate surface area is 181 Å². The molecule has 0 amide bonds. The Balaban J connectivity index is 1.30. The van der Waals surface area contributed by atoms with Crippen LogP contribution in [-0.2, 0) is 0 Å². The van der Waals surface area contributed by atoms with Gasteiger partial charge in [-0.3, -0.25) is 0 Å². The highest BCUT2D eigenvalue weighted by Crippen LogP contribution is 2.28. The molecule has 2 heteroatoms. The first-order valence-electron chi connectivity index (χ1n) is 10.5. The number of hydrogen-bond acceptors (Lipinski definition) is 1. The van der Waals surface area contributed by atoms with Crippen LogP contribution in [0.5, 0.6) is 0 Å². The Hall–Kier alpha value is -4.17. The number of fused-ring (bicyclic) bond motifs is 2. The molecule has 0 spiro atoms. The van der Waals surface area contributed by atoms with Gasteiger partial charge in [0.25, 0.3) is 0 Å². The molecule has 0 fully saturated rings. The average Bonchev–Trinajstić information content (AvgIpc) is 3.26. The lowest BCUT2D eigenvalue weighted by molar-refractivity contribution is 0.974. The van der Waals surface area contributed by atoms with Crippen LogP contribution < -0.4 is 0 Å². The summed E-state index contributed by atoms with van der Waals surface area (Å²) in [4.78, 5) is 0. The zero-order valence-electron chi connectivity index (χ0n) is 16.9. The molecular weight excluding hydrogens is 376 g/mol. The molecule has 0 saturated heterocycles. The predicted molar refractivity (Wildman–Crippen MR) is 129 cm³/mol. The molecule has 146 valence electrons. The third-order valence-corrected chi connectivity index (χ3v) is 5.83. The minimum atomic E-state index is 0.987. The standard InChI is InChI=1S/C29H20N2/c1-2-6-21(7-3-1)22-10-12-23(13-11-22)24-14-16-25(17-15-24)29-19-28-18-26-8-4-5-9-27(26)20-31(28)30-29/h1-20H. The molecule has 0 N–H and O–H groups in total. The fourth-order valence-electron chi connectivity index (χ4n) is 4.13. The van der Waals surface area contributed by atoms with Crippen molar-refractivity contribution in [3.63, 3.8) is 0 Å². The zero-order chi connectivity index (χ0) is 20.6. The average molecular weight is 396 g/mol. The SMILES string of the molecule is c1ccc(-c2ccc(-c3ccc(-c4cc5cc6ccccc6cn5n4)cc3)cc2)cc1. The van der Waals surface area contributed by atoms with Crippen molar-refractivity contribution in [1.82, 2.24) is 9.61 Å². The van der Waals surface area contributed by atoms with E-state index in [1.165, 1.54) is 33.0 Å². The summed E-state index contributed by atoms with van der Waals surface area (Å²) >= 11 is 0. The number of benzene rings is 4. The van der Waals surface area contributed by atoms with Gasteiger partial charge in [0.15, 0.2) is 0 Å². The molecule has 2 nitrogen and oxygen atoms in total. The van der Waals surface area contributed by atoms with Gasteiger partial charge in [-0.2, -0.15) is 5.10 Å². The summed E-state index contributed by atoms with van der Waals surface area (Å²) in [6.07, 6.45) is 2.09. The number of nitrogens with zero attached hydrogens (tertiary/aromatic N) is 2. The number of rotatable bonds is 3. The molecular formula is C29H20N2. The van der Waals surface area contributed by atoms with Crippen molar-refractivity contribution in [2.75, 3.05) is 0 Å². The summed E-state index contributed by atoms with van der Waals surface area (Å²) in [5.74, 6) is 0. The van der Waals surface area contributed by atoms with Gasteiger partial charge in [-0.05, 0) is 39.8 Å². The lowest BCUT2D eigenvalue weighted by atomic mass is 9.99. The first-order valence-corrected chi connectivity index (χ1v) is 10.5. The van der Waals surface area contributed by atoms with Crippen molar-refractivity contribution < 1.29 is 0 Å². The summed E-state index contributed by atoms with van der Waals surface area (Å²) < 4.78 is 1.97. The van der Waals surface area contributed by atoms with E-state index in [1.807, 2.05) is 10.6 Å². The van der Waals surface area contributed by atoms with E-state index in [0.717, 1.165) is 16.8 Å². The lowest BCUT2D eigenvalue weighted by Gasteiger charge is -2.06. The molecule has 0 aliphatic rings. The van der Waals surface area contributed by atoms with Gasteiger partial charge in [-0.15, -0.1) is 0 Å². The van der Waals surface area contributed by atoms with Gasteiger partial charge in [-0.25, -0.2) is 4.52 Å². The van der Waals surface area contributed by atoms with Crippen LogP contribution in [0.25, 0.3) is 49.8 Å². The smallest absolute Gasteiger partial charge is 0.0933 e. The molecule has 0 unspecified atom stereocenters. The Morgan fingerprint density at radius 1 is 0.452 bits per heavy atom. The topological polar surface area (TPSA) is 17.3 Å². The highest BCUT2D eigenvalue weighted by atomic mass is 15.2. The van der Waals surface area contributed by atoms with Crippen LogP contribution in [0, 0.1) is 0 Å². The van der Waals surface area contributed by atoms with Crippen molar-refractivity contribution in [1.29, 1.82) is 0 Å². The highest BCUT2D eigenvalue weighted by Gasteiger charge is 2.07. The summed E-state index contributed by atoms with van der Waals surface area (Å²) in [7, 11) is 0. The van der Waals surface area contributed by atoms with Crippen molar-refractivity contribution in [2.24, 2.45) is 0 Å². The fourth-order valence-corrected chi connectivity index (χ4v) is 4.13. The Morgan fingerprint density at radius 2 is 0.968 bits per heavy atom. The first-order chi connectivity index (χ1) is 15.3. The molecule has 31 heavy (non-hydrogen) atoms. The molecule has 0 aliphatic heterocycles. The molecule has 2 heterocycles. The molecule has 0 aliphatic carbocycles. The second-order valence-electron chi connectivity index (χ2n) is 7.82. The maximum Gasteiger partial charge on any atom is 0.0933 e. The molecule has 0 radical (unpaired) electrons. The van der Waals surface area contributed by atoms with Crippen molar-refractivity contribution in [3.05, 3.63) is 121 Å². The molecule has 0 bridgehead atoms. The summed E-state index contributed by atoms with van der Waals surface area (Å²) in [5.41, 5.74) is 8.11. The van der Waals surface area contributed by atoms with Gasteiger partial charge in [0.1, 0.15) is 0 Å². The van der Waals surface area contributed by atoms with Crippen molar-refractivity contribution in [2.45, 2.75) is 0 Å². The molecule has 6 rings (SSSR count). The van der Waals surface area contributed by atoms with Gasteiger partial charge >= 0.3 is 0 Å². The third kappa shape index (κ3) is 3.28. The summed E-state index contributed by atoms with van der Waals surface area (Å²) in [5, 5.41) is 7.22. The van der Waals surface area contributed by atoms with Crippen LogP contribution in [0.3, 0.4) is 0 Å². The third-order valence-electron chi connectivity index (χ3n) is 5.83. The zero-order valence-corrected chi connectivity index (χ0v) is 16.9. The second-order valence-corrected chi connectivity index (χ2v) is 7.82. The van der Waals surface area contributed by atoms with Gasteiger partial charge in [-0.1, -0.05) is 103 Å². The van der Waals surface area contributed by atoms with E-state index in [0.29, 0.717) is 0 Å². The Morgan fingerprint density at radius 3 is 1.61 bits per heavy atom. The van der Waals surface area contributed by atoms with Gasteiger partial charge in [0.2, 0.25) is 0 Å². The molecule has 6 aromatic rings. The van der Waals surface area contributed by atoms with Crippen LogP contribution in [0.1, 0.15) is 0 Å². The second kappa shape index (κ2) is 7.26. The largest absolute Gasteiger partial charge is 0.240 e. The number of pyridine rings is 1. The van der Waals surface area contributed by atoms with Crippen LogP contribution in [-0.4, -0.2) is 9.61 Å². The maximum atomic E-state index is 4.80. The van der Waals surface area contributed by atoms with E-state index >= 15 is 0 Å². The normalized spacial score (nSPS) is 11.2. The van der Waals surface area contributed by atoms with Gasteiger partial charge in [0, 0.05) is 17.1 Å². The minimum Gasteiger partial charge on any atom is -0.240 e. The lowest BCUT2D eigenvalue weighted by Crippen LogP contribution is -1.87. The van der Waals surface area contributed by atoms with Crippen molar-refractivity contribution in [3.8, 4) is 33.5 Å². The molecule has 2 aromatic heterocycles. The number of aromatic nitrogens is 2. The van der Waals surface area contributed by atoms with E-state index in [4.69, 9.17) is 5.10 Å². The van der Waals surface area contributed by atoms with E-state index in [1.54, 1.807) is 0 Å². The van der Waals surface area contributed by atoms with Crippen LogP contribution >= 0.6 is 0 Å². The Kier molecular flexibility index (Phi) is 4.14. The number of hydrogen-bond donors (Lipinski definition) is 0. The highest BCUT2D eigenvalue weighted by molar-refractivity contribution is 5.86. The van der Waals surface area contributed by atoms with E-state index in [-0.39, 0.29) is 0 Å². The van der Waals surface area contributed by atoms with Crippen LogP contribution in [0.4, 0.5) is 0 Å².